The lowest BCUT2D eigenvalue weighted by atomic mass is 9.84. The average molecular weight is 334 g/mol. The molecule has 0 aliphatic rings. The number of hydrogen-bond acceptors (Lipinski definition) is 1. The van der Waals surface area contributed by atoms with Gasteiger partial charge in [-0.05, 0) is 43.1 Å². The lowest BCUT2D eigenvalue weighted by Crippen LogP contribution is -2.38. The fourth-order valence-electron chi connectivity index (χ4n) is 2.64. The monoisotopic (exact) mass is 333 g/mol. The second-order valence-corrected chi connectivity index (χ2v) is 6.15. The van der Waals surface area contributed by atoms with Crippen LogP contribution in [0.15, 0.2) is 54.6 Å². The van der Waals surface area contributed by atoms with Crippen LogP contribution in [0.5, 0.6) is 0 Å². The zero-order chi connectivity index (χ0) is 16.0. The molecule has 0 aromatic heterocycles. The van der Waals surface area contributed by atoms with E-state index in [9.17, 15) is 0 Å². The first-order valence-electron chi connectivity index (χ1n) is 7.47. The van der Waals surface area contributed by atoms with Gasteiger partial charge in [0.1, 0.15) is 0 Å². The maximum atomic E-state index is 6.19. The Kier molecular flexibility index (Phi) is 6.07. The van der Waals surface area contributed by atoms with Crippen LogP contribution in [0, 0.1) is 0 Å². The Bertz CT molecular complexity index is 631. The molecule has 22 heavy (non-hydrogen) atoms. The quantitative estimate of drug-likeness (QED) is 0.691. The van der Waals surface area contributed by atoms with Gasteiger partial charge in [-0.3, -0.25) is 0 Å². The third-order valence-electron chi connectivity index (χ3n) is 4.13. The lowest BCUT2D eigenvalue weighted by molar-refractivity contribution is 0.351. The van der Waals surface area contributed by atoms with E-state index < -0.39 is 0 Å². The fraction of sp³-hybridized carbons (Fsp3) is 0.263. The zero-order valence-electron chi connectivity index (χ0n) is 12.9. The Balaban J connectivity index is 2.24. The first-order chi connectivity index (χ1) is 10.6. The standard InChI is InChI=1S/C19H21Cl2N/c1-3-19(22-2,16-11-12-17(20)18(21)14-16)13-7-10-15-8-5-4-6-9-15/h4-12,14,22H,3,13H2,1-2H3. The van der Waals surface area contributed by atoms with E-state index in [1.165, 1.54) is 5.56 Å². The minimum Gasteiger partial charge on any atom is -0.310 e. The van der Waals surface area contributed by atoms with Crippen molar-refractivity contribution in [3.05, 3.63) is 75.8 Å². The molecule has 1 nitrogen and oxygen atoms in total. The van der Waals surface area contributed by atoms with Crippen LogP contribution in [0.1, 0.15) is 30.9 Å². The average Bonchev–Trinajstić information content (AvgIpc) is 2.56. The van der Waals surface area contributed by atoms with Crippen LogP contribution >= 0.6 is 23.2 Å². The van der Waals surface area contributed by atoms with Crippen LogP contribution < -0.4 is 5.32 Å². The van der Waals surface area contributed by atoms with Crippen molar-refractivity contribution in [2.75, 3.05) is 7.05 Å². The molecule has 1 atom stereocenters. The van der Waals surface area contributed by atoms with Crippen LogP contribution in [0.2, 0.25) is 10.0 Å². The number of hydrogen-bond donors (Lipinski definition) is 1. The molecule has 116 valence electrons. The van der Waals surface area contributed by atoms with Crippen LogP contribution in [-0.2, 0) is 5.54 Å². The van der Waals surface area contributed by atoms with Crippen molar-refractivity contribution in [1.29, 1.82) is 0 Å². The molecule has 0 spiro atoms. The molecule has 0 saturated heterocycles. The van der Waals surface area contributed by atoms with Crippen molar-refractivity contribution in [3.8, 4) is 0 Å². The van der Waals surface area contributed by atoms with Crippen LogP contribution in [0.4, 0.5) is 0 Å². The molecule has 2 rings (SSSR count). The zero-order valence-corrected chi connectivity index (χ0v) is 14.5. The summed E-state index contributed by atoms with van der Waals surface area (Å²) in [5.74, 6) is 0. The topological polar surface area (TPSA) is 12.0 Å². The van der Waals surface area contributed by atoms with Gasteiger partial charge in [-0.15, -0.1) is 0 Å². The van der Waals surface area contributed by atoms with Gasteiger partial charge in [0.15, 0.2) is 0 Å². The van der Waals surface area contributed by atoms with Gasteiger partial charge >= 0.3 is 0 Å². The van der Waals surface area contributed by atoms with Gasteiger partial charge in [0.25, 0.3) is 0 Å². The van der Waals surface area contributed by atoms with Gasteiger partial charge in [-0.2, -0.15) is 0 Å². The first-order valence-corrected chi connectivity index (χ1v) is 8.23. The Morgan fingerprint density at radius 2 is 1.77 bits per heavy atom. The van der Waals surface area contributed by atoms with Gasteiger partial charge < -0.3 is 5.32 Å². The molecule has 0 aliphatic carbocycles. The van der Waals surface area contributed by atoms with E-state index in [1.807, 2.05) is 43.4 Å². The molecule has 0 fully saturated rings. The second kappa shape index (κ2) is 7.82. The number of rotatable bonds is 6. The Hall–Kier alpha value is -1.28. The lowest BCUT2D eigenvalue weighted by Gasteiger charge is -2.32. The van der Waals surface area contributed by atoms with Gasteiger partial charge in [0.05, 0.1) is 10.0 Å². The summed E-state index contributed by atoms with van der Waals surface area (Å²) in [6.07, 6.45) is 6.20. The first kappa shape index (κ1) is 17.1. The van der Waals surface area contributed by atoms with E-state index in [1.54, 1.807) is 0 Å². The largest absolute Gasteiger partial charge is 0.310 e. The highest BCUT2D eigenvalue weighted by molar-refractivity contribution is 6.42. The molecule has 3 heteroatoms. The third-order valence-corrected chi connectivity index (χ3v) is 4.87. The summed E-state index contributed by atoms with van der Waals surface area (Å²) >= 11 is 12.2. The number of benzene rings is 2. The summed E-state index contributed by atoms with van der Waals surface area (Å²) in [6, 6.07) is 16.2. The molecule has 0 saturated carbocycles. The molecule has 0 aliphatic heterocycles. The predicted octanol–water partition coefficient (Wildman–Crippen LogP) is 5.92. The van der Waals surface area contributed by atoms with Gasteiger partial charge in [-0.1, -0.05) is 78.7 Å². The fourth-order valence-corrected chi connectivity index (χ4v) is 2.94. The molecular formula is C19H21Cl2N. The smallest absolute Gasteiger partial charge is 0.0595 e. The third kappa shape index (κ3) is 3.92. The van der Waals surface area contributed by atoms with Crippen molar-refractivity contribution in [2.24, 2.45) is 0 Å². The van der Waals surface area contributed by atoms with E-state index in [0.29, 0.717) is 10.0 Å². The molecule has 0 amide bonds. The molecule has 0 heterocycles. The van der Waals surface area contributed by atoms with E-state index in [0.717, 1.165) is 18.4 Å². The van der Waals surface area contributed by atoms with Crippen molar-refractivity contribution < 1.29 is 0 Å². The normalized spacial score (nSPS) is 14.2. The Morgan fingerprint density at radius 1 is 1.05 bits per heavy atom. The van der Waals surface area contributed by atoms with Crippen LogP contribution in [0.3, 0.4) is 0 Å². The molecule has 0 bridgehead atoms. The Labute approximate surface area is 143 Å². The maximum Gasteiger partial charge on any atom is 0.0595 e. The summed E-state index contributed by atoms with van der Waals surface area (Å²) in [4.78, 5) is 0. The molecular weight excluding hydrogens is 313 g/mol. The van der Waals surface area contributed by atoms with Crippen molar-refractivity contribution in [3.63, 3.8) is 0 Å². The Morgan fingerprint density at radius 3 is 2.36 bits per heavy atom. The number of nitrogens with one attached hydrogen (secondary N) is 1. The van der Waals surface area contributed by atoms with Crippen molar-refractivity contribution >= 4 is 29.3 Å². The minimum absolute atomic E-state index is 0.139. The van der Waals surface area contributed by atoms with E-state index in [4.69, 9.17) is 23.2 Å². The molecule has 1 unspecified atom stereocenters. The summed E-state index contributed by atoms with van der Waals surface area (Å²) in [5.41, 5.74) is 2.22. The SMILES string of the molecule is CCC(CC=Cc1ccccc1)(NC)c1ccc(Cl)c(Cl)c1. The second-order valence-electron chi connectivity index (χ2n) is 5.33. The van der Waals surface area contributed by atoms with Crippen molar-refractivity contribution in [1.82, 2.24) is 5.32 Å². The summed E-state index contributed by atoms with van der Waals surface area (Å²) in [7, 11) is 1.99. The van der Waals surface area contributed by atoms with Gasteiger partial charge in [-0.25, -0.2) is 0 Å². The molecule has 0 radical (unpaired) electrons. The van der Waals surface area contributed by atoms with E-state index in [2.05, 4.69) is 36.5 Å². The highest BCUT2D eigenvalue weighted by Crippen LogP contribution is 2.33. The van der Waals surface area contributed by atoms with E-state index >= 15 is 0 Å². The van der Waals surface area contributed by atoms with Gasteiger partial charge in [0.2, 0.25) is 0 Å². The van der Waals surface area contributed by atoms with Crippen molar-refractivity contribution in [2.45, 2.75) is 25.3 Å². The summed E-state index contributed by atoms with van der Waals surface area (Å²) in [5, 5.41) is 4.65. The number of halogens is 2. The van der Waals surface area contributed by atoms with Crippen LogP contribution in [0.25, 0.3) is 6.08 Å². The summed E-state index contributed by atoms with van der Waals surface area (Å²) in [6.45, 7) is 2.18. The van der Waals surface area contributed by atoms with Crippen LogP contribution in [-0.4, -0.2) is 7.05 Å². The molecule has 1 N–H and O–H groups in total. The maximum absolute atomic E-state index is 6.19. The highest BCUT2D eigenvalue weighted by Gasteiger charge is 2.27. The summed E-state index contributed by atoms with van der Waals surface area (Å²) < 4.78 is 0. The molecule has 2 aromatic rings. The predicted molar refractivity (Wildman–Crippen MR) is 97.6 cm³/mol. The molecule has 2 aromatic carbocycles. The van der Waals surface area contributed by atoms with Gasteiger partial charge in [0, 0.05) is 5.54 Å². The van der Waals surface area contributed by atoms with E-state index in [-0.39, 0.29) is 5.54 Å². The minimum atomic E-state index is -0.139. The highest BCUT2D eigenvalue weighted by atomic mass is 35.5.